The highest BCUT2D eigenvalue weighted by molar-refractivity contribution is 7.13. The number of benzene rings is 1. The Bertz CT molecular complexity index is 596. The zero-order valence-corrected chi connectivity index (χ0v) is 13.5. The highest BCUT2D eigenvalue weighted by Gasteiger charge is 2.06. The van der Waals surface area contributed by atoms with Crippen molar-refractivity contribution in [3.05, 3.63) is 35.3 Å². The molecule has 112 valence electrons. The summed E-state index contributed by atoms with van der Waals surface area (Å²) in [6, 6.07) is 7.63. The Morgan fingerprint density at radius 3 is 2.67 bits per heavy atom. The monoisotopic (exact) mass is 324 g/mol. The van der Waals surface area contributed by atoms with E-state index in [0.29, 0.717) is 11.6 Å². The van der Waals surface area contributed by atoms with Crippen LogP contribution >= 0.6 is 22.9 Å². The Kier molecular flexibility index (Phi) is 5.59. The molecule has 0 bridgehead atoms. The summed E-state index contributed by atoms with van der Waals surface area (Å²) >= 11 is 7.30. The zero-order valence-electron chi connectivity index (χ0n) is 11.9. The van der Waals surface area contributed by atoms with E-state index in [1.807, 2.05) is 43.5 Å². The Hall–Kier alpha value is -1.59. The minimum Gasteiger partial charge on any atom is -0.484 e. The van der Waals surface area contributed by atoms with Gasteiger partial charge in [-0.2, -0.15) is 0 Å². The van der Waals surface area contributed by atoms with Gasteiger partial charge >= 0.3 is 0 Å². The molecule has 4 nitrogen and oxygen atoms in total. The van der Waals surface area contributed by atoms with E-state index in [1.54, 1.807) is 11.3 Å². The van der Waals surface area contributed by atoms with Gasteiger partial charge in [-0.25, -0.2) is 4.98 Å². The first-order chi connectivity index (χ1) is 10.1. The fourth-order valence-corrected chi connectivity index (χ4v) is 2.76. The van der Waals surface area contributed by atoms with Gasteiger partial charge in [-0.1, -0.05) is 0 Å². The number of nitrogens with zero attached hydrogens (tertiary/aromatic N) is 1. The summed E-state index contributed by atoms with van der Waals surface area (Å²) in [7, 11) is 0. The average Bonchev–Trinajstić information content (AvgIpc) is 2.94. The van der Waals surface area contributed by atoms with E-state index < -0.39 is 0 Å². The third kappa shape index (κ3) is 4.72. The molecule has 1 N–H and O–H groups in total. The first-order valence-electron chi connectivity index (χ1n) is 6.61. The van der Waals surface area contributed by atoms with Crippen LogP contribution in [-0.2, 0) is 10.7 Å². The van der Waals surface area contributed by atoms with Crippen LogP contribution in [0.2, 0.25) is 0 Å². The van der Waals surface area contributed by atoms with Gasteiger partial charge in [-0.3, -0.25) is 4.79 Å². The second-order valence-electron chi connectivity index (χ2n) is 4.81. The van der Waals surface area contributed by atoms with E-state index in [1.165, 1.54) is 0 Å². The van der Waals surface area contributed by atoms with E-state index in [4.69, 9.17) is 16.3 Å². The number of amides is 1. The predicted molar refractivity (Wildman–Crippen MR) is 85.9 cm³/mol. The standard InChI is InChI=1S/C15H17ClN2O2S/c1-10(2)17-14(19)8-20-13-5-3-11(4-6-13)15-18-12(7-16)9-21-15/h3-6,9-10H,7-8H2,1-2H3,(H,17,19). The third-order valence-electron chi connectivity index (χ3n) is 2.61. The van der Waals surface area contributed by atoms with Crippen LogP contribution in [0.5, 0.6) is 5.75 Å². The molecule has 1 amide bonds. The van der Waals surface area contributed by atoms with Crippen molar-refractivity contribution < 1.29 is 9.53 Å². The molecule has 0 aliphatic heterocycles. The smallest absolute Gasteiger partial charge is 0.258 e. The summed E-state index contributed by atoms with van der Waals surface area (Å²) in [5.41, 5.74) is 1.89. The molecule has 1 aromatic heterocycles. The molecule has 0 spiro atoms. The van der Waals surface area contributed by atoms with Gasteiger partial charge in [0, 0.05) is 17.0 Å². The van der Waals surface area contributed by atoms with Crippen molar-refractivity contribution in [3.8, 4) is 16.3 Å². The number of carbonyl (C=O) groups excluding carboxylic acids is 1. The van der Waals surface area contributed by atoms with Gasteiger partial charge in [0.25, 0.3) is 5.91 Å². The van der Waals surface area contributed by atoms with Crippen molar-refractivity contribution >= 4 is 28.8 Å². The number of rotatable bonds is 6. The lowest BCUT2D eigenvalue weighted by atomic mass is 10.2. The second-order valence-corrected chi connectivity index (χ2v) is 5.94. The maximum absolute atomic E-state index is 11.5. The summed E-state index contributed by atoms with van der Waals surface area (Å²) in [5.74, 6) is 0.954. The summed E-state index contributed by atoms with van der Waals surface area (Å²) in [4.78, 5) is 15.9. The quantitative estimate of drug-likeness (QED) is 0.828. The number of alkyl halides is 1. The molecule has 0 aliphatic carbocycles. The number of ether oxygens (including phenoxy) is 1. The fraction of sp³-hybridized carbons (Fsp3) is 0.333. The van der Waals surface area contributed by atoms with Gasteiger partial charge in [0.15, 0.2) is 6.61 Å². The van der Waals surface area contributed by atoms with E-state index in [-0.39, 0.29) is 18.6 Å². The van der Waals surface area contributed by atoms with E-state index in [9.17, 15) is 4.79 Å². The lowest BCUT2D eigenvalue weighted by Crippen LogP contribution is -2.34. The first-order valence-corrected chi connectivity index (χ1v) is 8.03. The average molecular weight is 325 g/mol. The molecular weight excluding hydrogens is 308 g/mol. The van der Waals surface area contributed by atoms with Crippen molar-refractivity contribution in [3.63, 3.8) is 0 Å². The molecule has 0 saturated heterocycles. The molecule has 1 aromatic carbocycles. The van der Waals surface area contributed by atoms with Crippen LogP contribution in [0.3, 0.4) is 0 Å². The van der Waals surface area contributed by atoms with E-state index in [0.717, 1.165) is 16.3 Å². The highest BCUT2D eigenvalue weighted by Crippen LogP contribution is 2.26. The molecule has 0 unspecified atom stereocenters. The summed E-state index contributed by atoms with van der Waals surface area (Å²) < 4.78 is 5.44. The number of nitrogens with one attached hydrogen (secondary N) is 1. The number of hydrogen-bond donors (Lipinski definition) is 1. The molecule has 0 atom stereocenters. The number of thiazole rings is 1. The van der Waals surface area contributed by atoms with Gasteiger partial charge in [-0.05, 0) is 38.1 Å². The highest BCUT2D eigenvalue weighted by atomic mass is 35.5. The maximum Gasteiger partial charge on any atom is 0.258 e. The van der Waals surface area contributed by atoms with Gasteiger partial charge < -0.3 is 10.1 Å². The molecular formula is C15H17ClN2O2S. The van der Waals surface area contributed by atoms with E-state index >= 15 is 0 Å². The van der Waals surface area contributed by atoms with Crippen LogP contribution in [0.15, 0.2) is 29.6 Å². The van der Waals surface area contributed by atoms with Crippen LogP contribution in [0, 0.1) is 0 Å². The maximum atomic E-state index is 11.5. The van der Waals surface area contributed by atoms with Crippen molar-refractivity contribution in [2.45, 2.75) is 25.8 Å². The van der Waals surface area contributed by atoms with Crippen LogP contribution in [0.1, 0.15) is 19.5 Å². The van der Waals surface area contributed by atoms with Crippen molar-refractivity contribution in [1.29, 1.82) is 0 Å². The lowest BCUT2D eigenvalue weighted by molar-refractivity contribution is -0.123. The van der Waals surface area contributed by atoms with Gasteiger partial charge in [0.1, 0.15) is 10.8 Å². The first kappa shape index (κ1) is 15.8. The molecule has 1 heterocycles. The lowest BCUT2D eigenvalue weighted by Gasteiger charge is -2.09. The van der Waals surface area contributed by atoms with Gasteiger partial charge in [0.05, 0.1) is 11.6 Å². The van der Waals surface area contributed by atoms with Crippen molar-refractivity contribution in [2.24, 2.45) is 0 Å². The summed E-state index contributed by atoms with van der Waals surface area (Å²) in [6.07, 6.45) is 0. The molecule has 0 radical (unpaired) electrons. The SMILES string of the molecule is CC(C)NC(=O)COc1ccc(-c2nc(CCl)cs2)cc1. The number of carbonyl (C=O) groups is 1. The Morgan fingerprint density at radius 1 is 1.38 bits per heavy atom. The Labute approximate surface area is 133 Å². The van der Waals surface area contributed by atoms with Crippen molar-refractivity contribution in [1.82, 2.24) is 10.3 Å². The van der Waals surface area contributed by atoms with Gasteiger partial charge in [-0.15, -0.1) is 22.9 Å². The van der Waals surface area contributed by atoms with Crippen LogP contribution in [0.4, 0.5) is 0 Å². The normalized spacial score (nSPS) is 10.7. The zero-order chi connectivity index (χ0) is 15.2. The van der Waals surface area contributed by atoms with Gasteiger partial charge in [0.2, 0.25) is 0 Å². The Balaban J connectivity index is 1.94. The molecule has 6 heteroatoms. The number of hydrogen-bond acceptors (Lipinski definition) is 4. The fourth-order valence-electron chi connectivity index (χ4n) is 1.71. The van der Waals surface area contributed by atoms with Crippen LogP contribution in [-0.4, -0.2) is 23.5 Å². The molecule has 2 aromatic rings. The third-order valence-corrected chi connectivity index (χ3v) is 3.82. The van der Waals surface area contributed by atoms with Crippen LogP contribution < -0.4 is 10.1 Å². The Morgan fingerprint density at radius 2 is 2.10 bits per heavy atom. The summed E-state index contributed by atoms with van der Waals surface area (Å²) in [6.45, 7) is 3.84. The predicted octanol–water partition coefficient (Wildman–Crippen LogP) is 3.45. The molecule has 0 aliphatic rings. The minimum atomic E-state index is -0.124. The largest absolute Gasteiger partial charge is 0.484 e. The second kappa shape index (κ2) is 7.43. The number of aromatic nitrogens is 1. The molecule has 2 rings (SSSR count). The molecule has 0 fully saturated rings. The number of halogens is 1. The minimum absolute atomic E-state index is 0.0190. The van der Waals surface area contributed by atoms with E-state index in [2.05, 4.69) is 10.3 Å². The topological polar surface area (TPSA) is 51.2 Å². The molecule has 0 saturated carbocycles. The van der Waals surface area contributed by atoms with Crippen molar-refractivity contribution in [2.75, 3.05) is 6.61 Å². The summed E-state index contributed by atoms with van der Waals surface area (Å²) in [5, 5.41) is 5.65. The van der Waals surface area contributed by atoms with Crippen LogP contribution in [0.25, 0.3) is 10.6 Å². The molecule has 21 heavy (non-hydrogen) atoms.